The van der Waals surface area contributed by atoms with Crippen LogP contribution in [0.3, 0.4) is 0 Å². The maximum Gasteiger partial charge on any atom is 0.0722 e. The number of nitrogens with zero attached hydrogens (tertiary/aromatic N) is 2. The summed E-state index contributed by atoms with van der Waals surface area (Å²) < 4.78 is 2.46. The number of aromatic nitrogens is 2. The molecular formula is C55H34N2. The van der Waals surface area contributed by atoms with Gasteiger partial charge >= 0.3 is 0 Å². The van der Waals surface area contributed by atoms with Crippen LogP contribution in [0.4, 0.5) is 0 Å². The van der Waals surface area contributed by atoms with Gasteiger partial charge in [-0.3, -0.25) is 0 Å². The molecule has 264 valence electrons. The molecule has 2 heterocycles. The molecule has 0 atom stereocenters. The van der Waals surface area contributed by atoms with Gasteiger partial charge in [0.2, 0.25) is 0 Å². The SMILES string of the molecule is c1ccc(-c2cc(-c3cc4ccccc4c4ccccc34)nc(-c3cc4c5ccccc5c5c(c6ccccc6n5-c5ccccc5)c4c4ccccc34)c2)cc1. The van der Waals surface area contributed by atoms with Crippen LogP contribution in [0, 0.1) is 0 Å². The zero-order chi connectivity index (χ0) is 37.5. The minimum Gasteiger partial charge on any atom is -0.309 e. The summed E-state index contributed by atoms with van der Waals surface area (Å²) in [5.74, 6) is 0. The first-order valence-electron chi connectivity index (χ1n) is 19.6. The van der Waals surface area contributed by atoms with E-state index in [0.29, 0.717) is 0 Å². The first-order valence-corrected chi connectivity index (χ1v) is 19.6. The van der Waals surface area contributed by atoms with Crippen LogP contribution in [-0.2, 0) is 0 Å². The molecule has 0 saturated carbocycles. The van der Waals surface area contributed by atoms with Gasteiger partial charge in [-0.05, 0) is 96.7 Å². The predicted molar refractivity (Wildman–Crippen MR) is 242 cm³/mol. The minimum absolute atomic E-state index is 0.956. The van der Waals surface area contributed by atoms with E-state index in [2.05, 4.69) is 211 Å². The highest BCUT2D eigenvalue weighted by Crippen LogP contribution is 2.47. The van der Waals surface area contributed by atoms with E-state index in [1.807, 2.05) is 0 Å². The molecule has 12 aromatic rings. The molecule has 0 N–H and O–H groups in total. The molecule has 0 radical (unpaired) electrons. The van der Waals surface area contributed by atoms with Crippen molar-refractivity contribution in [3.8, 4) is 39.3 Å². The Kier molecular flexibility index (Phi) is 6.96. The lowest BCUT2D eigenvalue weighted by Gasteiger charge is -2.17. The normalized spacial score (nSPS) is 11.9. The van der Waals surface area contributed by atoms with Gasteiger partial charge in [-0.25, -0.2) is 4.98 Å². The van der Waals surface area contributed by atoms with Crippen LogP contribution >= 0.6 is 0 Å². The molecule has 2 aromatic heterocycles. The van der Waals surface area contributed by atoms with Gasteiger partial charge in [-0.2, -0.15) is 0 Å². The molecule has 0 saturated heterocycles. The maximum atomic E-state index is 5.65. The van der Waals surface area contributed by atoms with Crippen molar-refractivity contribution in [1.29, 1.82) is 0 Å². The summed E-state index contributed by atoms with van der Waals surface area (Å²) in [6.45, 7) is 0. The van der Waals surface area contributed by atoms with Crippen LogP contribution in [0.1, 0.15) is 0 Å². The van der Waals surface area contributed by atoms with Crippen molar-refractivity contribution in [2.45, 2.75) is 0 Å². The average Bonchev–Trinajstić information content (AvgIpc) is 3.64. The molecule has 0 aliphatic rings. The van der Waals surface area contributed by atoms with Gasteiger partial charge in [0.15, 0.2) is 0 Å². The van der Waals surface area contributed by atoms with Crippen molar-refractivity contribution in [1.82, 2.24) is 9.55 Å². The smallest absolute Gasteiger partial charge is 0.0722 e. The third-order valence-corrected chi connectivity index (χ3v) is 11.9. The number of rotatable bonds is 4. The summed E-state index contributed by atoms with van der Waals surface area (Å²) in [5.41, 5.74) is 10.1. The Balaban J connectivity index is 1.23. The molecule has 12 rings (SSSR count). The van der Waals surface area contributed by atoms with Gasteiger partial charge < -0.3 is 4.57 Å². The quantitative estimate of drug-likeness (QED) is 0.165. The van der Waals surface area contributed by atoms with Gasteiger partial charge in [0.1, 0.15) is 0 Å². The topological polar surface area (TPSA) is 17.8 Å². The second-order valence-electron chi connectivity index (χ2n) is 15.0. The van der Waals surface area contributed by atoms with Crippen LogP contribution in [0.25, 0.3) is 115 Å². The van der Waals surface area contributed by atoms with E-state index in [0.717, 1.165) is 33.8 Å². The largest absolute Gasteiger partial charge is 0.309 e. The van der Waals surface area contributed by atoms with Gasteiger partial charge in [0.05, 0.1) is 22.4 Å². The van der Waals surface area contributed by atoms with E-state index in [9.17, 15) is 0 Å². The number of benzene rings is 10. The third kappa shape index (κ3) is 4.81. The van der Waals surface area contributed by atoms with E-state index in [-0.39, 0.29) is 0 Å². The fraction of sp³-hybridized carbons (Fsp3) is 0. The van der Waals surface area contributed by atoms with Gasteiger partial charge in [-0.15, -0.1) is 0 Å². The lowest BCUT2D eigenvalue weighted by molar-refractivity contribution is 1.19. The Hall–Kier alpha value is -7.55. The Morgan fingerprint density at radius 2 is 0.825 bits per heavy atom. The molecule has 0 amide bonds. The number of para-hydroxylation sites is 2. The first-order chi connectivity index (χ1) is 28.3. The molecular weight excluding hydrogens is 689 g/mol. The lowest BCUT2D eigenvalue weighted by atomic mass is 9.88. The van der Waals surface area contributed by atoms with E-state index >= 15 is 0 Å². The maximum absolute atomic E-state index is 5.65. The molecule has 0 aliphatic carbocycles. The fourth-order valence-corrected chi connectivity index (χ4v) is 9.46. The summed E-state index contributed by atoms with van der Waals surface area (Å²) in [6, 6.07) is 75.0. The van der Waals surface area contributed by atoms with Crippen LogP contribution < -0.4 is 0 Å². The number of pyridine rings is 1. The van der Waals surface area contributed by atoms with Gasteiger partial charge in [-0.1, -0.05) is 164 Å². The van der Waals surface area contributed by atoms with Crippen molar-refractivity contribution in [3.63, 3.8) is 0 Å². The molecule has 0 fully saturated rings. The Bertz CT molecular complexity index is 3560. The number of hydrogen-bond acceptors (Lipinski definition) is 1. The number of fused-ring (bicyclic) bond motifs is 13. The van der Waals surface area contributed by atoms with E-state index in [1.54, 1.807) is 0 Å². The highest BCUT2D eigenvalue weighted by Gasteiger charge is 2.22. The van der Waals surface area contributed by atoms with Crippen LogP contribution in [0.2, 0.25) is 0 Å². The molecule has 0 unspecified atom stereocenters. The molecule has 2 nitrogen and oxygen atoms in total. The third-order valence-electron chi connectivity index (χ3n) is 11.9. The van der Waals surface area contributed by atoms with E-state index in [1.165, 1.54) is 81.2 Å². The van der Waals surface area contributed by atoms with Crippen LogP contribution in [0.15, 0.2) is 206 Å². The summed E-state index contributed by atoms with van der Waals surface area (Å²) in [7, 11) is 0. The Labute approximate surface area is 329 Å². The second-order valence-corrected chi connectivity index (χ2v) is 15.0. The molecule has 2 heteroatoms. The number of hydrogen-bond donors (Lipinski definition) is 0. The standard InChI is InChI=1S/C55H34N2/c1-3-17-35(18-4-1)37-32-50(47-31-36-19-7-8-22-39(36)40-23-9-10-24-41(40)47)56-51(33-37)48-34-49-43-26-12-14-28-45(43)55-54(53(49)44-27-13-11-25-42(44)48)46-29-15-16-30-52(46)57(55)38-20-5-2-6-21-38/h1-34H. The van der Waals surface area contributed by atoms with Crippen LogP contribution in [-0.4, -0.2) is 9.55 Å². The van der Waals surface area contributed by atoms with Crippen LogP contribution in [0.5, 0.6) is 0 Å². The zero-order valence-corrected chi connectivity index (χ0v) is 31.0. The minimum atomic E-state index is 0.956. The monoisotopic (exact) mass is 722 g/mol. The summed E-state index contributed by atoms with van der Waals surface area (Å²) >= 11 is 0. The van der Waals surface area contributed by atoms with Crippen molar-refractivity contribution in [3.05, 3.63) is 206 Å². The molecule has 0 spiro atoms. The molecule has 0 aliphatic heterocycles. The highest BCUT2D eigenvalue weighted by atomic mass is 15.0. The van der Waals surface area contributed by atoms with Gasteiger partial charge in [0.25, 0.3) is 0 Å². The van der Waals surface area contributed by atoms with Crippen molar-refractivity contribution >= 4 is 75.7 Å². The predicted octanol–water partition coefficient (Wildman–Crippen LogP) is 14.9. The summed E-state index contributed by atoms with van der Waals surface area (Å²) in [5, 5.41) is 14.8. The van der Waals surface area contributed by atoms with Crippen molar-refractivity contribution in [2.24, 2.45) is 0 Å². The average molecular weight is 723 g/mol. The summed E-state index contributed by atoms with van der Waals surface area (Å²) in [4.78, 5) is 5.65. The summed E-state index contributed by atoms with van der Waals surface area (Å²) in [6.07, 6.45) is 0. The first kappa shape index (κ1) is 31.8. The van der Waals surface area contributed by atoms with Crippen molar-refractivity contribution < 1.29 is 0 Å². The van der Waals surface area contributed by atoms with E-state index in [4.69, 9.17) is 4.98 Å². The Morgan fingerprint density at radius 3 is 1.54 bits per heavy atom. The lowest BCUT2D eigenvalue weighted by Crippen LogP contribution is -1.96. The molecule has 10 aromatic carbocycles. The Morgan fingerprint density at radius 1 is 0.316 bits per heavy atom. The molecule has 0 bridgehead atoms. The zero-order valence-electron chi connectivity index (χ0n) is 31.0. The second kappa shape index (κ2) is 12.5. The highest BCUT2D eigenvalue weighted by molar-refractivity contribution is 6.38. The van der Waals surface area contributed by atoms with Crippen molar-refractivity contribution in [2.75, 3.05) is 0 Å². The fourth-order valence-electron chi connectivity index (χ4n) is 9.46. The van der Waals surface area contributed by atoms with E-state index < -0.39 is 0 Å². The van der Waals surface area contributed by atoms with Gasteiger partial charge in [0, 0.05) is 38.4 Å². The molecule has 57 heavy (non-hydrogen) atoms.